The van der Waals surface area contributed by atoms with Gasteiger partial charge in [0.25, 0.3) is 0 Å². The van der Waals surface area contributed by atoms with E-state index < -0.39 is 0 Å². The third-order valence-corrected chi connectivity index (χ3v) is 4.49. The summed E-state index contributed by atoms with van der Waals surface area (Å²) in [6, 6.07) is 8.46. The van der Waals surface area contributed by atoms with Crippen molar-refractivity contribution < 1.29 is 4.39 Å². The number of alkyl halides is 1. The van der Waals surface area contributed by atoms with Crippen LogP contribution in [0.4, 0.5) is 10.1 Å². The van der Waals surface area contributed by atoms with Crippen LogP contribution in [0.5, 0.6) is 0 Å². The second-order valence-corrected chi connectivity index (χ2v) is 5.74. The molecule has 2 saturated heterocycles. The van der Waals surface area contributed by atoms with E-state index in [0.717, 1.165) is 44.8 Å². The molecule has 20 heavy (non-hydrogen) atoms. The number of halogens is 1. The van der Waals surface area contributed by atoms with Crippen LogP contribution in [0.2, 0.25) is 0 Å². The Bertz CT molecular complexity index is 408. The topological polar surface area (TPSA) is 18.5 Å². The molecule has 3 nitrogen and oxygen atoms in total. The Labute approximate surface area is 120 Å². The maximum absolute atomic E-state index is 13.5. The summed E-state index contributed by atoms with van der Waals surface area (Å²) < 4.78 is 13.5. The number of nitrogens with zero attached hydrogens (tertiary/aromatic N) is 2. The molecule has 110 valence electrons. The lowest BCUT2D eigenvalue weighted by Crippen LogP contribution is -2.45. The average molecular weight is 277 g/mol. The van der Waals surface area contributed by atoms with Crippen LogP contribution >= 0.6 is 0 Å². The van der Waals surface area contributed by atoms with Crippen LogP contribution in [0.3, 0.4) is 0 Å². The van der Waals surface area contributed by atoms with Crippen LogP contribution in [-0.4, -0.2) is 50.8 Å². The molecular weight excluding hydrogens is 253 g/mol. The van der Waals surface area contributed by atoms with Crippen LogP contribution in [0.15, 0.2) is 24.3 Å². The maximum atomic E-state index is 13.5. The maximum Gasteiger partial charge on any atom is 0.109 e. The van der Waals surface area contributed by atoms with Gasteiger partial charge >= 0.3 is 0 Å². The lowest BCUT2D eigenvalue weighted by molar-refractivity contribution is 0.147. The summed E-state index contributed by atoms with van der Waals surface area (Å²) in [4.78, 5) is 4.67. The lowest BCUT2D eigenvalue weighted by Gasteiger charge is -2.33. The fourth-order valence-corrected chi connectivity index (χ4v) is 3.27. The van der Waals surface area contributed by atoms with Gasteiger partial charge in [-0.3, -0.25) is 4.90 Å². The third kappa shape index (κ3) is 2.96. The summed E-state index contributed by atoms with van der Waals surface area (Å²) in [5, 5.41) is 3.32. The van der Waals surface area contributed by atoms with Gasteiger partial charge < -0.3 is 10.2 Å². The molecule has 0 unspecified atom stereocenters. The fourth-order valence-electron chi connectivity index (χ4n) is 3.27. The van der Waals surface area contributed by atoms with Gasteiger partial charge in [-0.2, -0.15) is 0 Å². The molecule has 0 aromatic heterocycles. The highest BCUT2D eigenvalue weighted by molar-refractivity contribution is 5.48. The van der Waals surface area contributed by atoms with Crippen LogP contribution in [0.25, 0.3) is 0 Å². The summed E-state index contributed by atoms with van der Waals surface area (Å²) in [5.41, 5.74) is 2.39. The van der Waals surface area contributed by atoms with Gasteiger partial charge in [-0.05, 0) is 30.5 Å². The highest BCUT2D eigenvalue weighted by Crippen LogP contribution is 2.26. The average Bonchev–Trinajstić information content (AvgIpc) is 3.04. The van der Waals surface area contributed by atoms with Crippen molar-refractivity contribution in [2.24, 2.45) is 0 Å². The number of benzene rings is 1. The third-order valence-electron chi connectivity index (χ3n) is 4.49. The Morgan fingerprint density at radius 2 is 1.65 bits per heavy atom. The number of rotatable bonds is 4. The summed E-state index contributed by atoms with van der Waals surface area (Å²) in [7, 11) is 0. The number of nitrogens with one attached hydrogen (secondary N) is 1. The van der Waals surface area contributed by atoms with Crippen LogP contribution < -0.4 is 10.2 Å². The molecule has 0 radical (unpaired) electrons. The Morgan fingerprint density at radius 1 is 1.00 bits per heavy atom. The molecule has 2 heterocycles. The second kappa shape index (κ2) is 6.55. The van der Waals surface area contributed by atoms with Crippen molar-refractivity contribution in [1.29, 1.82) is 0 Å². The minimum absolute atomic E-state index is 0.0790. The first-order valence-electron chi connectivity index (χ1n) is 7.74. The van der Waals surface area contributed by atoms with Crippen molar-refractivity contribution in [2.45, 2.75) is 18.9 Å². The Kier molecular flexibility index (Phi) is 4.53. The van der Waals surface area contributed by atoms with Crippen molar-refractivity contribution in [3.05, 3.63) is 29.8 Å². The number of anilines is 1. The molecule has 0 bridgehead atoms. The predicted molar refractivity (Wildman–Crippen MR) is 81.0 cm³/mol. The summed E-state index contributed by atoms with van der Waals surface area (Å²) >= 11 is 0. The van der Waals surface area contributed by atoms with Crippen molar-refractivity contribution in [2.75, 3.05) is 50.8 Å². The van der Waals surface area contributed by atoms with Crippen molar-refractivity contribution >= 4 is 5.69 Å². The second-order valence-electron chi connectivity index (χ2n) is 5.74. The zero-order chi connectivity index (χ0) is 13.8. The monoisotopic (exact) mass is 277 g/mol. The molecular formula is C16H24FN3. The van der Waals surface area contributed by atoms with E-state index in [1.54, 1.807) is 0 Å². The van der Waals surface area contributed by atoms with E-state index in [2.05, 4.69) is 39.4 Å². The summed E-state index contributed by atoms with van der Waals surface area (Å²) in [5.74, 6) is 0. The number of hydrogen-bond acceptors (Lipinski definition) is 3. The molecule has 2 fully saturated rings. The highest BCUT2D eigenvalue weighted by atomic mass is 19.1. The molecule has 0 spiro atoms. The van der Waals surface area contributed by atoms with Gasteiger partial charge in [0.15, 0.2) is 0 Å². The Balaban J connectivity index is 1.71. The molecule has 4 heteroatoms. The van der Waals surface area contributed by atoms with Crippen molar-refractivity contribution in [3.8, 4) is 0 Å². The Hall–Kier alpha value is -1.13. The summed E-state index contributed by atoms with van der Waals surface area (Å²) in [6.07, 6.45) is 2.57. The van der Waals surface area contributed by atoms with E-state index in [9.17, 15) is 4.39 Å². The number of piperazine rings is 1. The van der Waals surface area contributed by atoms with E-state index in [1.807, 2.05) is 0 Å². The van der Waals surface area contributed by atoms with Gasteiger partial charge in [0.1, 0.15) is 6.67 Å². The molecule has 2 aliphatic heterocycles. The molecule has 0 saturated carbocycles. The zero-order valence-electron chi connectivity index (χ0n) is 12.0. The zero-order valence-corrected chi connectivity index (χ0v) is 12.0. The van der Waals surface area contributed by atoms with Gasteiger partial charge in [0.2, 0.25) is 0 Å². The summed E-state index contributed by atoms with van der Waals surface area (Å²) in [6.45, 7) is 5.80. The molecule has 1 atom stereocenters. The first-order chi connectivity index (χ1) is 9.88. The molecule has 0 aliphatic carbocycles. The van der Waals surface area contributed by atoms with Gasteiger partial charge in [-0.25, -0.2) is 4.39 Å². The molecule has 1 aromatic rings. The van der Waals surface area contributed by atoms with E-state index in [1.165, 1.54) is 18.5 Å². The first-order valence-corrected chi connectivity index (χ1v) is 7.74. The van der Waals surface area contributed by atoms with Gasteiger partial charge in [0, 0.05) is 45.0 Å². The fraction of sp³-hybridized carbons (Fsp3) is 0.625. The normalized spacial score (nSPS) is 22.1. The standard InChI is InChI=1S/C16H24FN3/c17-13-16(20-11-7-18-8-12-20)14-3-5-15(6-4-14)19-9-1-2-10-19/h3-6,16,18H,1-2,7-13H2/t16-/m0/s1. The van der Waals surface area contributed by atoms with E-state index in [0.29, 0.717) is 0 Å². The molecule has 0 amide bonds. The van der Waals surface area contributed by atoms with E-state index in [-0.39, 0.29) is 12.7 Å². The minimum atomic E-state index is -0.303. The van der Waals surface area contributed by atoms with E-state index >= 15 is 0 Å². The number of hydrogen-bond donors (Lipinski definition) is 1. The Morgan fingerprint density at radius 3 is 2.25 bits per heavy atom. The van der Waals surface area contributed by atoms with Crippen LogP contribution in [0.1, 0.15) is 24.4 Å². The first kappa shape index (κ1) is 13.8. The largest absolute Gasteiger partial charge is 0.372 e. The minimum Gasteiger partial charge on any atom is -0.372 e. The lowest BCUT2D eigenvalue weighted by atomic mass is 10.0. The smallest absolute Gasteiger partial charge is 0.109 e. The molecule has 2 aliphatic rings. The molecule has 1 N–H and O–H groups in total. The van der Waals surface area contributed by atoms with Crippen molar-refractivity contribution in [1.82, 2.24) is 10.2 Å². The quantitative estimate of drug-likeness (QED) is 0.910. The van der Waals surface area contributed by atoms with Crippen LogP contribution in [0, 0.1) is 0 Å². The van der Waals surface area contributed by atoms with Gasteiger partial charge in [-0.15, -0.1) is 0 Å². The van der Waals surface area contributed by atoms with Gasteiger partial charge in [0.05, 0.1) is 6.04 Å². The molecule has 1 aromatic carbocycles. The SMILES string of the molecule is FC[C@@H](c1ccc(N2CCCC2)cc1)N1CCNCC1. The molecule has 3 rings (SSSR count). The predicted octanol–water partition coefficient (Wildman–Crippen LogP) is 2.20. The van der Waals surface area contributed by atoms with Crippen molar-refractivity contribution in [3.63, 3.8) is 0 Å². The highest BCUT2D eigenvalue weighted by Gasteiger charge is 2.22. The van der Waals surface area contributed by atoms with Crippen LogP contribution in [-0.2, 0) is 0 Å². The van der Waals surface area contributed by atoms with E-state index in [4.69, 9.17) is 0 Å². The van der Waals surface area contributed by atoms with Gasteiger partial charge in [-0.1, -0.05) is 12.1 Å².